The van der Waals surface area contributed by atoms with E-state index in [1.165, 1.54) is 32.1 Å². The zero-order chi connectivity index (χ0) is 12.7. The zero-order valence-corrected chi connectivity index (χ0v) is 11.4. The quantitative estimate of drug-likeness (QED) is 0.650. The van der Waals surface area contributed by atoms with Gasteiger partial charge in [0, 0.05) is 19.0 Å². The van der Waals surface area contributed by atoms with Crippen molar-refractivity contribution in [1.29, 1.82) is 0 Å². The molecule has 1 aliphatic rings. The lowest BCUT2D eigenvalue weighted by Gasteiger charge is -2.16. The molecule has 100 valence electrons. The maximum Gasteiger partial charge on any atom is 0.220 e. The van der Waals surface area contributed by atoms with Gasteiger partial charge in [-0.1, -0.05) is 33.1 Å². The summed E-state index contributed by atoms with van der Waals surface area (Å²) in [6.45, 7) is 5.03. The van der Waals surface area contributed by atoms with Gasteiger partial charge in [0.15, 0.2) is 0 Å². The number of carbonyl (C=O) groups excluding carboxylic acids is 1. The number of carbonyl (C=O) groups is 1. The molecule has 0 spiro atoms. The van der Waals surface area contributed by atoms with E-state index >= 15 is 0 Å². The molecule has 3 nitrogen and oxygen atoms in total. The molecule has 0 bridgehead atoms. The van der Waals surface area contributed by atoms with Crippen LogP contribution in [-0.2, 0) is 4.79 Å². The number of nitrogens with two attached hydrogens (primary N) is 1. The Morgan fingerprint density at radius 3 is 2.65 bits per heavy atom. The molecule has 0 aliphatic heterocycles. The Labute approximate surface area is 106 Å². The van der Waals surface area contributed by atoms with Crippen molar-refractivity contribution in [3.63, 3.8) is 0 Å². The average molecular weight is 240 g/mol. The summed E-state index contributed by atoms with van der Waals surface area (Å²) in [7, 11) is 0. The third-order valence-corrected chi connectivity index (χ3v) is 3.78. The third kappa shape index (κ3) is 6.06. The minimum absolute atomic E-state index is 0.176. The molecule has 2 atom stereocenters. The van der Waals surface area contributed by atoms with Crippen LogP contribution in [0, 0.1) is 11.8 Å². The minimum Gasteiger partial charge on any atom is -0.355 e. The maximum absolute atomic E-state index is 11.8. The van der Waals surface area contributed by atoms with Gasteiger partial charge in [0.2, 0.25) is 5.91 Å². The van der Waals surface area contributed by atoms with Gasteiger partial charge >= 0.3 is 0 Å². The molecule has 3 heteroatoms. The Hall–Kier alpha value is -0.570. The number of hydrogen-bond acceptors (Lipinski definition) is 2. The molecule has 1 rings (SSSR count). The predicted octanol–water partition coefficient (Wildman–Crippen LogP) is 2.45. The second kappa shape index (κ2) is 7.70. The van der Waals surface area contributed by atoms with Crippen molar-refractivity contribution >= 4 is 5.91 Å². The smallest absolute Gasteiger partial charge is 0.220 e. The van der Waals surface area contributed by atoms with Gasteiger partial charge in [-0.05, 0) is 31.1 Å². The fraction of sp³-hybridized carbons (Fsp3) is 0.929. The third-order valence-electron chi connectivity index (χ3n) is 3.78. The molecule has 1 amide bonds. The van der Waals surface area contributed by atoms with E-state index in [0.29, 0.717) is 24.8 Å². The van der Waals surface area contributed by atoms with E-state index in [1.807, 2.05) is 0 Å². The van der Waals surface area contributed by atoms with Crippen molar-refractivity contribution in [3.8, 4) is 0 Å². The van der Waals surface area contributed by atoms with Crippen LogP contribution in [0.1, 0.15) is 58.8 Å². The summed E-state index contributed by atoms with van der Waals surface area (Å²) < 4.78 is 0. The molecule has 17 heavy (non-hydrogen) atoms. The molecule has 2 unspecified atom stereocenters. The van der Waals surface area contributed by atoms with E-state index in [4.69, 9.17) is 5.73 Å². The Kier molecular flexibility index (Phi) is 6.56. The van der Waals surface area contributed by atoms with E-state index in [-0.39, 0.29) is 11.9 Å². The molecule has 1 fully saturated rings. The van der Waals surface area contributed by atoms with E-state index in [1.54, 1.807) is 0 Å². The SMILES string of the molecule is CCCCC(CC)CC(=O)NCC(N)C1CC1. The van der Waals surface area contributed by atoms with Crippen LogP contribution in [0.5, 0.6) is 0 Å². The highest BCUT2D eigenvalue weighted by molar-refractivity contribution is 5.76. The van der Waals surface area contributed by atoms with Crippen LogP contribution in [0.4, 0.5) is 0 Å². The number of amides is 1. The van der Waals surface area contributed by atoms with Gasteiger partial charge in [0.05, 0.1) is 0 Å². The van der Waals surface area contributed by atoms with Crippen molar-refractivity contribution in [2.75, 3.05) is 6.54 Å². The second-order valence-corrected chi connectivity index (χ2v) is 5.43. The van der Waals surface area contributed by atoms with Crippen molar-refractivity contribution < 1.29 is 4.79 Å². The summed E-state index contributed by atoms with van der Waals surface area (Å²) in [5.74, 6) is 1.40. The van der Waals surface area contributed by atoms with Crippen LogP contribution >= 0.6 is 0 Å². The fourth-order valence-corrected chi connectivity index (χ4v) is 2.20. The second-order valence-electron chi connectivity index (χ2n) is 5.43. The van der Waals surface area contributed by atoms with Gasteiger partial charge in [0.25, 0.3) is 0 Å². The molecular weight excluding hydrogens is 212 g/mol. The first-order valence-electron chi connectivity index (χ1n) is 7.19. The van der Waals surface area contributed by atoms with Gasteiger partial charge in [0.1, 0.15) is 0 Å². The normalized spacial score (nSPS) is 18.8. The highest BCUT2D eigenvalue weighted by Crippen LogP contribution is 2.31. The zero-order valence-electron chi connectivity index (χ0n) is 11.4. The monoisotopic (exact) mass is 240 g/mol. The van der Waals surface area contributed by atoms with Gasteiger partial charge in [-0.15, -0.1) is 0 Å². The molecule has 0 saturated heterocycles. The van der Waals surface area contributed by atoms with E-state index in [9.17, 15) is 4.79 Å². The van der Waals surface area contributed by atoms with E-state index in [2.05, 4.69) is 19.2 Å². The molecule has 0 aromatic rings. The molecule has 3 N–H and O–H groups in total. The summed E-state index contributed by atoms with van der Waals surface area (Å²) in [5.41, 5.74) is 5.96. The molecule has 0 aromatic carbocycles. The lowest BCUT2D eigenvalue weighted by Crippen LogP contribution is -2.39. The Balaban J connectivity index is 2.12. The van der Waals surface area contributed by atoms with E-state index < -0.39 is 0 Å². The summed E-state index contributed by atoms with van der Waals surface area (Å²) in [5, 5.41) is 2.98. The number of unbranched alkanes of at least 4 members (excludes halogenated alkanes) is 1. The van der Waals surface area contributed by atoms with Crippen LogP contribution < -0.4 is 11.1 Å². The van der Waals surface area contributed by atoms with Gasteiger partial charge in [-0.25, -0.2) is 0 Å². The van der Waals surface area contributed by atoms with Crippen molar-refractivity contribution in [2.24, 2.45) is 17.6 Å². The van der Waals surface area contributed by atoms with Crippen molar-refractivity contribution in [3.05, 3.63) is 0 Å². The lowest BCUT2D eigenvalue weighted by molar-refractivity contribution is -0.122. The van der Waals surface area contributed by atoms with Crippen LogP contribution in [0.15, 0.2) is 0 Å². The Bertz CT molecular complexity index is 226. The van der Waals surface area contributed by atoms with Crippen molar-refractivity contribution in [1.82, 2.24) is 5.32 Å². The topological polar surface area (TPSA) is 55.1 Å². The standard InChI is InChI=1S/C14H28N2O/c1-3-5-6-11(4-2)9-14(17)16-10-13(15)12-7-8-12/h11-13H,3-10,15H2,1-2H3,(H,16,17). The molecule has 0 radical (unpaired) electrons. The van der Waals surface area contributed by atoms with Gasteiger partial charge < -0.3 is 11.1 Å². The summed E-state index contributed by atoms with van der Waals surface area (Å²) in [6, 6.07) is 0.176. The largest absolute Gasteiger partial charge is 0.355 e. The molecule has 0 heterocycles. The summed E-state index contributed by atoms with van der Waals surface area (Å²) >= 11 is 0. The van der Waals surface area contributed by atoms with Crippen LogP contribution in [0.2, 0.25) is 0 Å². The molecule has 0 aromatic heterocycles. The highest BCUT2D eigenvalue weighted by Gasteiger charge is 2.28. The highest BCUT2D eigenvalue weighted by atomic mass is 16.1. The molecular formula is C14H28N2O. The van der Waals surface area contributed by atoms with Gasteiger partial charge in [-0.2, -0.15) is 0 Å². The van der Waals surface area contributed by atoms with Crippen LogP contribution in [0.3, 0.4) is 0 Å². The predicted molar refractivity (Wildman–Crippen MR) is 71.6 cm³/mol. The first-order valence-corrected chi connectivity index (χ1v) is 7.19. The Morgan fingerprint density at radius 1 is 1.41 bits per heavy atom. The van der Waals surface area contributed by atoms with Gasteiger partial charge in [-0.3, -0.25) is 4.79 Å². The summed E-state index contributed by atoms with van der Waals surface area (Å²) in [6.07, 6.45) is 7.87. The number of hydrogen-bond donors (Lipinski definition) is 2. The lowest BCUT2D eigenvalue weighted by atomic mass is 9.95. The maximum atomic E-state index is 11.8. The fourth-order valence-electron chi connectivity index (χ4n) is 2.20. The first kappa shape index (κ1) is 14.5. The molecule has 1 saturated carbocycles. The Morgan fingerprint density at radius 2 is 2.12 bits per heavy atom. The number of rotatable bonds is 9. The molecule has 1 aliphatic carbocycles. The van der Waals surface area contributed by atoms with Crippen molar-refractivity contribution in [2.45, 2.75) is 64.8 Å². The first-order chi connectivity index (χ1) is 8.17. The van der Waals surface area contributed by atoms with Crippen LogP contribution in [-0.4, -0.2) is 18.5 Å². The minimum atomic E-state index is 0.176. The average Bonchev–Trinajstić information content (AvgIpc) is 3.15. The van der Waals surface area contributed by atoms with E-state index in [0.717, 1.165) is 6.42 Å². The van der Waals surface area contributed by atoms with Crippen LogP contribution in [0.25, 0.3) is 0 Å². The summed E-state index contributed by atoms with van der Waals surface area (Å²) in [4.78, 5) is 11.8. The number of nitrogens with one attached hydrogen (secondary N) is 1.